The van der Waals surface area contributed by atoms with Gasteiger partial charge in [-0.25, -0.2) is 4.68 Å². The van der Waals surface area contributed by atoms with Crippen molar-refractivity contribution < 1.29 is 14.2 Å². The maximum Gasteiger partial charge on any atom is 0.161 e. The molecule has 0 aliphatic rings. The van der Waals surface area contributed by atoms with Gasteiger partial charge in [-0.1, -0.05) is 15.9 Å². The van der Waals surface area contributed by atoms with Crippen molar-refractivity contribution in [1.29, 1.82) is 0 Å². The second-order valence-electron chi connectivity index (χ2n) is 5.38. The summed E-state index contributed by atoms with van der Waals surface area (Å²) in [6.07, 6.45) is 4.73. The maximum atomic E-state index is 5.81. The largest absolute Gasteiger partial charge is 0.490 e. The van der Waals surface area contributed by atoms with Crippen molar-refractivity contribution in [2.24, 2.45) is 5.10 Å². The van der Waals surface area contributed by atoms with Gasteiger partial charge in [0.1, 0.15) is 31.6 Å². The molecule has 8 heteroatoms. The highest BCUT2D eigenvalue weighted by Crippen LogP contribution is 2.28. The average Bonchev–Trinajstić information content (AvgIpc) is 3.20. The van der Waals surface area contributed by atoms with Gasteiger partial charge in [0.15, 0.2) is 11.5 Å². The van der Waals surface area contributed by atoms with Crippen LogP contribution in [0, 0.1) is 0 Å². The van der Waals surface area contributed by atoms with Crippen LogP contribution in [0.25, 0.3) is 0 Å². The Labute approximate surface area is 165 Å². The van der Waals surface area contributed by atoms with Gasteiger partial charge in [-0.15, -0.1) is 10.2 Å². The Hall–Kier alpha value is -2.87. The third kappa shape index (κ3) is 5.82. The van der Waals surface area contributed by atoms with Crippen LogP contribution in [-0.4, -0.2) is 40.9 Å². The molecule has 0 bridgehead atoms. The van der Waals surface area contributed by atoms with E-state index in [9.17, 15) is 0 Å². The van der Waals surface area contributed by atoms with Crippen LogP contribution in [0.1, 0.15) is 12.5 Å². The number of benzene rings is 2. The van der Waals surface area contributed by atoms with Gasteiger partial charge in [-0.05, 0) is 55.0 Å². The lowest BCUT2D eigenvalue weighted by molar-refractivity contribution is 0.208. The van der Waals surface area contributed by atoms with Crippen LogP contribution in [0.3, 0.4) is 0 Å². The Morgan fingerprint density at radius 2 is 1.70 bits per heavy atom. The SMILES string of the molecule is CCOc1cc(/C=N\n2cnnc2)ccc1OCCOc1ccc(Br)cc1. The molecule has 27 heavy (non-hydrogen) atoms. The molecule has 1 heterocycles. The van der Waals surface area contributed by atoms with Crippen molar-refractivity contribution in [2.45, 2.75) is 6.92 Å². The molecule has 0 amide bonds. The highest BCUT2D eigenvalue weighted by atomic mass is 79.9. The molecule has 3 aromatic rings. The predicted molar refractivity (Wildman–Crippen MR) is 106 cm³/mol. The summed E-state index contributed by atoms with van der Waals surface area (Å²) in [4.78, 5) is 0. The van der Waals surface area contributed by atoms with E-state index in [-0.39, 0.29) is 0 Å². The number of ether oxygens (including phenoxy) is 3. The Balaban J connectivity index is 1.57. The van der Waals surface area contributed by atoms with E-state index in [0.29, 0.717) is 31.3 Å². The summed E-state index contributed by atoms with van der Waals surface area (Å²) in [6, 6.07) is 13.3. The molecular weight excluding hydrogens is 412 g/mol. The van der Waals surface area contributed by atoms with Crippen LogP contribution in [0.15, 0.2) is 64.7 Å². The Kier molecular flexibility index (Phi) is 6.81. The molecule has 0 saturated carbocycles. The summed E-state index contributed by atoms with van der Waals surface area (Å²) in [6.45, 7) is 3.31. The Morgan fingerprint density at radius 3 is 2.44 bits per heavy atom. The maximum absolute atomic E-state index is 5.81. The van der Waals surface area contributed by atoms with Crippen LogP contribution in [0.4, 0.5) is 0 Å². The third-order valence-electron chi connectivity index (χ3n) is 3.44. The lowest BCUT2D eigenvalue weighted by Gasteiger charge is -2.13. The second-order valence-corrected chi connectivity index (χ2v) is 6.29. The molecule has 0 fully saturated rings. The van der Waals surface area contributed by atoms with Crippen molar-refractivity contribution in [1.82, 2.24) is 14.9 Å². The summed E-state index contributed by atoms with van der Waals surface area (Å²) < 4.78 is 19.7. The van der Waals surface area contributed by atoms with Gasteiger partial charge >= 0.3 is 0 Å². The lowest BCUT2D eigenvalue weighted by Crippen LogP contribution is -2.10. The van der Waals surface area contributed by atoms with Gasteiger partial charge < -0.3 is 14.2 Å². The highest BCUT2D eigenvalue weighted by Gasteiger charge is 2.06. The minimum atomic E-state index is 0.407. The molecule has 0 spiro atoms. The van der Waals surface area contributed by atoms with Gasteiger partial charge in [0, 0.05) is 4.47 Å². The van der Waals surface area contributed by atoms with E-state index in [2.05, 4.69) is 31.2 Å². The first-order valence-electron chi connectivity index (χ1n) is 8.41. The van der Waals surface area contributed by atoms with E-state index in [4.69, 9.17) is 14.2 Å². The number of aromatic nitrogens is 3. The van der Waals surface area contributed by atoms with Crippen LogP contribution < -0.4 is 14.2 Å². The fourth-order valence-corrected chi connectivity index (χ4v) is 2.49. The summed E-state index contributed by atoms with van der Waals surface area (Å²) >= 11 is 3.40. The molecule has 0 radical (unpaired) electrons. The van der Waals surface area contributed by atoms with E-state index in [1.165, 1.54) is 17.3 Å². The number of nitrogens with zero attached hydrogens (tertiary/aromatic N) is 4. The van der Waals surface area contributed by atoms with Crippen molar-refractivity contribution in [3.8, 4) is 17.2 Å². The monoisotopic (exact) mass is 430 g/mol. The first-order chi connectivity index (χ1) is 13.2. The quantitative estimate of drug-likeness (QED) is 0.381. The molecule has 0 aliphatic heterocycles. The number of hydrogen-bond donors (Lipinski definition) is 0. The lowest BCUT2D eigenvalue weighted by atomic mass is 10.2. The fourth-order valence-electron chi connectivity index (χ4n) is 2.22. The molecular formula is C19H19BrN4O3. The topological polar surface area (TPSA) is 70.8 Å². The molecule has 0 aliphatic carbocycles. The smallest absolute Gasteiger partial charge is 0.161 e. The van der Waals surface area contributed by atoms with Gasteiger partial charge in [0.05, 0.1) is 12.8 Å². The van der Waals surface area contributed by atoms with E-state index in [0.717, 1.165) is 15.8 Å². The standard InChI is InChI=1S/C19H19BrN4O3/c1-2-25-19-11-15(12-23-24-13-21-22-14-24)3-8-18(19)27-10-9-26-17-6-4-16(20)5-7-17/h3-8,11-14H,2,9-10H2,1H3/b23-12-. The highest BCUT2D eigenvalue weighted by molar-refractivity contribution is 9.10. The molecule has 0 saturated heterocycles. The first kappa shape index (κ1) is 18.9. The molecule has 0 atom stereocenters. The summed E-state index contributed by atoms with van der Waals surface area (Å²) in [5.41, 5.74) is 0.880. The Morgan fingerprint density at radius 1 is 0.963 bits per heavy atom. The molecule has 140 valence electrons. The molecule has 3 rings (SSSR count). The van der Waals surface area contributed by atoms with E-state index in [1.807, 2.05) is 49.4 Å². The van der Waals surface area contributed by atoms with Crippen LogP contribution in [0.5, 0.6) is 17.2 Å². The molecule has 0 N–H and O–H groups in total. The van der Waals surface area contributed by atoms with Crippen LogP contribution >= 0.6 is 15.9 Å². The summed E-state index contributed by atoms with van der Waals surface area (Å²) in [5, 5.41) is 11.6. The Bertz CT molecular complexity index is 867. The van der Waals surface area contributed by atoms with Crippen molar-refractivity contribution >= 4 is 22.1 Å². The van der Waals surface area contributed by atoms with Crippen molar-refractivity contribution in [3.05, 3.63) is 65.2 Å². The van der Waals surface area contributed by atoms with Gasteiger partial charge in [0.2, 0.25) is 0 Å². The molecule has 7 nitrogen and oxygen atoms in total. The van der Waals surface area contributed by atoms with Gasteiger partial charge in [-0.2, -0.15) is 5.10 Å². The predicted octanol–water partition coefficient (Wildman–Crippen LogP) is 3.78. The van der Waals surface area contributed by atoms with Crippen molar-refractivity contribution in [3.63, 3.8) is 0 Å². The minimum absolute atomic E-state index is 0.407. The molecule has 2 aromatic carbocycles. The minimum Gasteiger partial charge on any atom is -0.490 e. The third-order valence-corrected chi connectivity index (χ3v) is 3.97. The van der Waals surface area contributed by atoms with Gasteiger partial charge in [0.25, 0.3) is 0 Å². The number of halogens is 1. The first-order valence-corrected chi connectivity index (χ1v) is 9.21. The zero-order valence-electron chi connectivity index (χ0n) is 14.8. The average molecular weight is 431 g/mol. The van der Waals surface area contributed by atoms with Crippen LogP contribution in [-0.2, 0) is 0 Å². The fraction of sp³-hybridized carbons (Fsp3) is 0.211. The molecule has 0 unspecified atom stereocenters. The zero-order chi connectivity index (χ0) is 18.9. The second kappa shape index (κ2) is 9.72. The number of hydrogen-bond acceptors (Lipinski definition) is 6. The van der Waals surface area contributed by atoms with Gasteiger partial charge in [-0.3, -0.25) is 0 Å². The normalized spacial score (nSPS) is 10.9. The molecule has 1 aromatic heterocycles. The van der Waals surface area contributed by atoms with E-state index in [1.54, 1.807) is 6.21 Å². The summed E-state index contributed by atoms with van der Waals surface area (Å²) in [7, 11) is 0. The van der Waals surface area contributed by atoms with Crippen LogP contribution in [0.2, 0.25) is 0 Å². The number of rotatable bonds is 9. The zero-order valence-corrected chi connectivity index (χ0v) is 16.4. The van der Waals surface area contributed by atoms with E-state index >= 15 is 0 Å². The van der Waals surface area contributed by atoms with Crippen molar-refractivity contribution in [2.75, 3.05) is 19.8 Å². The van der Waals surface area contributed by atoms with E-state index < -0.39 is 0 Å². The summed E-state index contributed by atoms with van der Waals surface area (Å²) in [5.74, 6) is 2.12.